The molecular formula is C11H12F3N3O3. The van der Waals surface area contributed by atoms with Gasteiger partial charge in [0.05, 0.1) is 5.56 Å². The molecule has 9 heteroatoms. The van der Waals surface area contributed by atoms with Crippen LogP contribution in [0.4, 0.5) is 19.0 Å². The van der Waals surface area contributed by atoms with Gasteiger partial charge in [0.15, 0.2) is 0 Å². The fourth-order valence-corrected chi connectivity index (χ4v) is 1.40. The highest BCUT2D eigenvalue weighted by Gasteiger charge is 2.33. The summed E-state index contributed by atoms with van der Waals surface area (Å²) >= 11 is 0. The molecule has 0 radical (unpaired) electrons. The number of amides is 1. The first-order valence-corrected chi connectivity index (χ1v) is 5.55. The summed E-state index contributed by atoms with van der Waals surface area (Å²) in [5.74, 6) is -2.26. The number of carbonyl (C=O) groups excluding carboxylic acids is 1. The third-order valence-electron chi connectivity index (χ3n) is 2.31. The van der Waals surface area contributed by atoms with E-state index >= 15 is 0 Å². The van der Waals surface area contributed by atoms with Gasteiger partial charge in [0.2, 0.25) is 0 Å². The molecule has 0 bridgehead atoms. The average Bonchev–Trinajstić information content (AvgIpc) is 2.32. The van der Waals surface area contributed by atoms with Gasteiger partial charge in [-0.25, -0.2) is 4.98 Å². The quantitative estimate of drug-likeness (QED) is 0.688. The van der Waals surface area contributed by atoms with E-state index in [0.29, 0.717) is 6.07 Å². The molecular weight excluding hydrogens is 279 g/mol. The number of rotatable bonds is 6. The number of alkyl halides is 3. The van der Waals surface area contributed by atoms with Crippen molar-refractivity contribution < 1.29 is 27.9 Å². The lowest BCUT2D eigenvalue weighted by Crippen LogP contribution is -2.19. The van der Waals surface area contributed by atoms with Gasteiger partial charge >= 0.3 is 12.1 Å². The number of aliphatic carboxylic acids is 1. The van der Waals surface area contributed by atoms with Crippen LogP contribution in [-0.4, -0.2) is 28.5 Å². The summed E-state index contributed by atoms with van der Waals surface area (Å²) in [4.78, 5) is 24.7. The van der Waals surface area contributed by atoms with E-state index < -0.39 is 23.7 Å². The zero-order valence-electron chi connectivity index (χ0n) is 10.2. The number of pyridine rings is 1. The fraction of sp³-hybridized carbons (Fsp3) is 0.364. The minimum Gasteiger partial charge on any atom is -0.481 e. The largest absolute Gasteiger partial charge is 0.481 e. The Labute approximate surface area is 111 Å². The first-order valence-electron chi connectivity index (χ1n) is 5.55. The van der Waals surface area contributed by atoms with E-state index in [1.807, 2.05) is 0 Å². The van der Waals surface area contributed by atoms with Gasteiger partial charge in [-0.05, 0) is 18.6 Å². The average molecular weight is 291 g/mol. The molecule has 6 nitrogen and oxygen atoms in total. The van der Waals surface area contributed by atoms with Crippen LogP contribution >= 0.6 is 0 Å². The number of nitrogens with two attached hydrogens (primary N) is 1. The third-order valence-corrected chi connectivity index (χ3v) is 2.31. The third kappa shape index (κ3) is 4.41. The zero-order valence-corrected chi connectivity index (χ0v) is 10.2. The number of carboxylic acid groups (broad SMARTS) is 1. The summed E-state index contributed by atoms with van der Waals surface area (Å²) in [6.07, 6.45) is -4.63. The van der Waals surface area contributed by atoms with E-state index in [1.54, 1.807) is 0 Å². The number of hydrogen-bond acceptors (Lipinski definition) is 4. The van der Waals surface area contributed by atoms with E-state index in [0.717, 1.165) is 6.07 Å². The van der Waals surface area contributed by atoms with Gasteiger partial charge in [-0.3, -0.25) is 9.59 Å². The van der Waals surface area contributed by atoms with Crippen molar-refractivity contribution in [1.82, 2.24) is 4.98 Å². The lowest BCUT2D eigenvalue weighted by molar-refractivity contribution is -0.141. The molecule has 20 heavy (non-hydrogen) atoms. The van der Waals surface area contributed by atoms with Gasteiger partial charge < -0.3 is 16.2 Å². The van der Waals surface area contributed by atoms with E-state index in [2.05, 4.69) is 10.3 Å². The Morgan fingerprint density at radius 2 is 2.00 bits per heavy atom. The van der Waals surface area contributed by atoms with Crippen LogP contribution in [0.15, 0.2) is 12.1 Å². The topological polar surface area (TPSA) is 105 Å². The highest BCUT2D eigenvalue weighted by atomic mass is 19.4. The standard InChI is InChI=1S/C11H12F3N3O3/c12-11(13,14)7-4-3-6(9(15)20)10(17-7)16-5-1-2-8(18)19/h3-4H,1-2,5H2,(H2,15,20)(H,16,17)(H,18,19). The molecule has 1 aromatic rings. The molecule has 0 aromatic carbocycles. The van der Waals surface area contributed by atoms with Crippen molar-refractivity contribution in [3.05, 3.63) is 23.4 Å². The molecule has 0 unspecified atom stereocenters. The van der Waals surface area contributed by atoms with Gasteiger partial charge in [0.25, 0.3) is 5.91 Å². The predicted octanol–water partition coefficient (Wildman–Crippen LogP) is 1.48. The number of nitrogens with one attached hydrogen (secondary N) is 1. The maximum atomic E-state index is 12.5. The molecule has 1 amide bonds. The molecule has 1 rings (SSSR count). The summed E-state index contributed by atoms with van der Waals surface area (Å²) in [6.45, 7) is 0.0564. The van der Waals surface area contributed by atoms with Gasteiger partial charge in [-0.1, -0.05) is 0 Å². The van der Waals surface area contributed by atoms with Crippen molar-refractivity contribution in [2.75, 3.05) is 11.9 Å². The molecule has 0 saturated heterocycles. The maximum absolute atomic E-state index is 12.5. The Balaban J connectivity index is 2.89. The zero-order chi connectivity index (χ0) is 15.3. The number of nitrogens with zero attached hydrogens (tertiary/aromatic N) is 1. The monoisotopic (exact) mass is 291 g/mol. The first kappa shape index (κ1) is 15.7. The number of carbonyl (C=O) groups is 2. The molecule has 4 N–H and O–H groups in total. The molecule has 0 atom stereocenters. The summed E-state index contributed by atoms with van der Waals surface area (Å²) in [7, 11) is 0. The smallest absolute Gasteiger partial charge is 0.433 e. The van der Waals surface area contributed by atoms with Gasteiger partial charge in [-0.2, -0.15) is 13.2 Å². The van der Waals surface area contributed by atoms with Gasteiger partial charge in [-0.15, -0.1) is 0 Å². The summed E-state index contributed by atoms with van der Waals surface area (Å²) < 4.78 is 37.5. The summed E-state index contributed by atoms with van der Waals surface area (Å²) in [5.41, 5.74) is 3.68. The fourth-order valence-electron chi connectivity index (χ4n) is 1.40. The highest BCUT2D eigenvalue weighted by molar-refractivity contribution is 5.97. The minimum absolute atomic E-state index is 0.0564. The van der Waals surface area contributed by atoms with E-state index in [-0.39, 0.29) is 30.8 Å². The first-order chi connectivity index (χ1) is 9.21. The molecule has 1 aromatic heterocycles. The normalized spacial score (nSPS) is 11.2. The predicted molar refractivity (Wildman–Crippen MR) is 63.1 cm³/mol. The van der Waals surface area contributed by atoms with Crippen LogP contribution < -0.4 is 11.1 Å². The number of primary amides is 1. The second kappa shape index (κ2) is 6.22. The Bertz CT molecular complexity index is 517. The maximum Gasteiger partial charge on any atom is 0.433 e. The molecule has 0 aliphatic heterocycles. The second-order valence-electron chi connectivity index (χ2n) is 3.88. The van der Waals surface area contributed by atoms with Gasteiger partial charge in [0.1, 0.15) is 11.5 Å². The lowest BCUT2D eigenvalue weighted by atomic mass is 10.2. The summed E-state index contributed by atoms with van der Waals surface area (Å²) in [5, 5.41) is 10.9. The van der Waals surface area contributed by atoms with Crippen LogP contribution in [0.2, 0.25) is 0 Å². The van der Waals surface area contributed by atoms with E-state index in [1.165, 1.54) is 0 Å². The highest BCUT2D eigenvalue weighted by Crippen LogP contribution is 2.29. The Morgan fingerprint density at radius 1 is 1.35 bits per heavy atom. The Hall–Kier alpha value is -2.32. The van der Waals surface area contributed by atoms with Crippen molar-refractivity contribution in [2.24, 2.45) is 5.73 Å². The van der Waals surface area contributed by atoms with Crippen LogP contribution in [0.25, 0.3) is 0 Å². The van der Waals surface area contributed by atoms with Crippen molar-refractivity contribution in [2.45, 2.75) is 19.0 Å². The van der Waals surface area contributed by atoms with Crippen molar-refractivity contribution in [1.29, 1.82) is 0 Å². The van der Waals surface area contributed by atoms with Crippen molar-refractivity contribution in [3.63, 3.8) is 0 Å². The molecule has 0 saturated carbocycles. The number of anilines is 1. The molecule has 1 heterocycles. The van der Waals surface area contributed by atoms with Gasteiger partial charge in [0, 0.05) is 13.0 Å². The van der Waals surface area contributed by atoms with E-state index in [4.69, 9.17) is 10.8 Å². The van der Waals surface area contributed by atoms with E-state index in [9.17, 15) is 22.8 Å². The molecule has 0 fully saturated rings. The molecule has 110 valence electrons. The van der Waals surface area contributed by atoms with Crippen molar-refractivity contribution in [3.8, 4) is 0 Å². The number of aromatic nitrogens is 1. The van der Waals surface area contributed by atoms with Crippen LogP contribution in [0.3, 0.4) is 0 Å². The van der Waals surface area contributed by atoms with Crippen LogP contribution in [0, 0.1) is 0 Å². The Kier molecular flexibility index (Phi) is 4.89. The van der Waals surface area contributed by atoms with Crippen LogP contribution in [-0.2, 0) is 11.0 Å². The molecule has 0 spiro atoms. The second-order valence-corrected chi connectivity index (χ2v) is 3.88. The Morgan fingerprint density at radius 3 is 2.50 bits per heavy atom. The lowest BCUT2D eigenvalue weighted by Gasteiger charge is -2.12. The SMILES string of the molecule is NC(=O)c1ccc(C(F)(F)F)nc1NCCCC(=O)O. The minimum atomic E-state index is -4.65. The van der Waals surface area contributed by atoms with Crippen LogP contribution in [0.5, 0.6) is 0 Å². The number of carboxylic acids is 1. The number of hydrogen-bond donors (Lipinski definition) is 3. The molecule has 0 aliphatic carbocycles. The van der Waals surface area contributed by atoms with Crippen LogP contribution in [0.1, 0.15) is 28.9 Å². The number of halogens is 3. The molecule has 0 aliphatic rings. The summed E-state index contributed by atoms with van der Waals surface area (Å²) in [6, 6.07) is 1.58. The van der Waals surface area contributed by atoms with Crippen molar-refractivity contribution >= 4 is 17.7 Å².